The van der Waals surface area contributed by atoms with Gasteiger partial charge in [0.1, 0.15) is 12.1 Å². The van der Waals surface area contributed by atoms with Crippen molar-refractivity contribution in [3.05, 3.63) is 0 Å². The number of aliphatic carboxylic acids is 2. The minimum absolute atomic E-state index is 0.0173. The van der Waals surface area contributed by atoms with Gasteiger partial charge in [0, 0.05) is 5.92 Å². The predicted octanol–water partition coefficient (Wildman–Crippen LogP) is 1.44. The number of carboxylic acid groups (broad SMARTS) is 2. The van der Waals surface area contributed by atoms with Gasteiger partial charge in [-0.05, 0) is 57.2 Å². The van der Waals surface area contributed by atoms with Crippen LogP contribution in [0.5, 0.6) is 0 Å². The van der Waals surface area contributed by atoms with E-state index in [-0.39, 0.29) is 18.3 Å². The second kappa shape index (κ2) is 15.0. The van der Waals surface area contributed by atoms with E-state index in [0.717, 1.165) is 69.5 Å². The quantitative estimate of drug-likeness (QED) is 0.278. The second-order valence-electron chi connectivity index (χ2n) is 10.3. The zero-order valence-electron chi connectivity index (χ0n) is 22.2. The van der Waals surface area contributed by atoms with Gasteiger partial charge in [-0.2, -0.15) is 0 Å². The molecule has 3 atom stereocenters. The highest BCUT2D eigenvalue weighted by Crippen LogP contribution is 2.33. The van der Waals surface area contributed by atoms with Gasteiger partial charge in [-0.15, -0.1) is 0 Å². The fourth-order valence-corrected chi connectivity index (χ4v) is 5.83. The summed E-state index contributed by atoms with van der Waals surface area (Å²) in [7, 11) is 0. The van der Waals surface area contributed by atoms with Crippen molar-refractivity contribution in [3.8, 4) is 0 Å². The number of carbonyl (C=O) groups excluding carboxylic acids is 3. The summed E-state index contributed by atoms with van der Waals surface area (Å²) in [6.07, 6.45) is 5.87. The molecule has 1 saturated heterocycles. The third-order valence-electron chi connectivity index (χ3n) is 7.96. The molecule has 0 radical (unpaired) electrons. The normalized spacial score (nSPS) is 20.0. The van der Waals surface area contributed by atoms with E-state index in [0.29, 0.717) is 6.42 Å². The van der Waals surface area contributed by atoms with E-state index in [4.69, 9.17) is 5.73 Å². The first-order valence-electron chi connectivity index (χ1n) is 13.7. The van der Waals surface area contributed by atoms with E-state index in [9.17, 15) is 34.2 Å². The standard InChI is InChI=1S/C26H44N4O7/c1-3-19(18-10-12-29(4-2)13-11-18)24(34)30(21(26(36)37)14-17-8-6-5-7-9-17)25(35)20(15-23(32)33)28-22(31)16-27/h17-21H,3-16,27H2,1-2H3,(H,28,31)(H,32,33)(H,36,37)/t19?,20-,21-/m0/s1. The van der Waals surface area contributed by atoms with Crippen molar-refractivity contribution in [1.82, 2.24) is 15.1 Å². The summed E-state index contributed by atoms with van der Waals surface area (Å²) in [6.45, 7) is 5.98. The zero-order chi connectivity index (χ0) is 27.5. The molecule has 1 heterocycles. The average molecular weight is 525 g/mol. The van der Waals surface area contributed by atoms with Crippen LogP contribution in [0.1, 0.15) is 78.1 Å². The molecule has 0 bridgehead atoms. The smallest absolute Gasteiger partial charge is 0.326 e. The van der Waals surface area contributed by atoms with Gasteiger partial charge in [0.05, 0.1) is 13.0 Å². The molecule has 0 aromatic heterocycles. The SMILES string of the molecule is CCC(C(=O)N(C(=O)[C@H](CC(=O)O)NC(=O)CN)[C@@H](CC1CCCCC1)C(=O)O)C1CCN(CC)CC1. The number of hydrogen-bond donors (Lipinski definition) is 4. The molecule has 1 unspecified atom stereocenters. The van der Waals surface area contributed by atoms with Crippen LogP contribution in [0.15, 0.2) is 0 Å². The summed E-state index contributed by atoms with van der Waals surface area (Å²) in [5.41, 5.74) is 5.36. The molecule has 0 aromatic rings. The highest BCUT2D eigenvalue weighted by molar-refractivity contribution is 6.04. The largest absolute Gasteiger partial charge is 0.481 e. The molecule has 37 heavy (non-hydrogen) atoms. The Morgan fingerprint density at radius 1 is 0.973 bits per heavy atom. The van der Waals surface area contributed by atoms with E-state index in [1.807, 2.05) is 6.92 Å². The number of carbonyl (C=O) groups is 5. The van der Waals surface area contributed by atoms with Crippen LogP contribution < -0.4 is 11.1 Å². The van der Waals surface area contributed by atoms with E-state index >= 15 is 0 Å². The van der Waals surface area contributed by atoms with Crippen molar-refractivity contribution in [2.45, 2.75) is 90.1 Å². The zero-order valence-corrected chi connectivity index (χ0v) is 22.2. The molecule has 2 fully saturated rings. The van der Waals surface area contributed by atoms with Crippen LogP contribution in [0, 0.1) is 17.8 Å². The van der Waals surface area contributed by atoms with E-state index in [1.54, 1.807) is 0 Å². The third-order valence-corrected chi connectivity index (χ3v) is 7.96. The lowest BCUT2D eigenvalue weighted by atomic mass is 9.80. The molecule has 3 amide bonds. The summed E-state index contributed by atoms with van der Waals surface area (Å²) in [5, 5.41) is 21.9. The van der Waals surface area contributed by atoms with Crippen molar-refractivity contribution in [2.75, 3.05) is 26.2 Å². The van der Waals surface area contributed by atoms with Crippen molar-refractivity contribution in [3.63, 3.8) is 0 Å². The van der Waals surface area contributed by atoms with Gasteiger partial charge in [-0.3, -0.25) is 24.1 Å². The average Bonchev–Trinajstić information content (AvgIpc) is 2.88. The molecule has 1 saturated carbocycles. The maximum absolute atomic E-state index is 14.0. The molecule has 11 nitrogen and oxygen atoms in total. The van der Waals surface area contributed by atoms with Crippen molar-refractivity contribution in [1.29, 1.82) is 0 Å². The number of nitrogens with one attached hydrogen (secondary N) is 1. The Labute approximate surface area is 219 Å². The van der Waals surface area contributed by atoms with Crippen LogP contribution in [0.3, 0.4) is 0 Å². The molecular formula is C26H44N4O7. The minimum Gasteiger partial charge on any atom is -0.481 e. The van der Waals surface area contributed by atoms with Gasteiger partial charge in [-0.1, -0.05) is 46.0 Å². The van der Waals surface area contributed by atoms with Crippen molar-refractivity contribution < 1.29 is 34.2 Å². The monoisotopic (exact) mass is 524 g/mol. The van der Waals surface area contributed by atoms with Gasteiger partial charge in [0.15, 0.2) is 0 Å². The van der Waals surface area contributed by atoms with Gasteiger partial charge in [0.25, 0.3) is 5.91 Å². The number of piperidine rings is 1. The summed E-state index contributed by atoms with van der Waals surface area (Å²) < 4.78 is 0. The maximum Gasteiger partial charge on any atom is 0.326 e. The van der Waals surface area contributed by atoms with E-state index < -0.39 is 60.6 Å². The summed E-state index contributed by atoms with van der Waals surface area (Å²) in [6, 6.07) is -3.02. The number of carboxylic acids is 2. The van der Waals surface area contributed by atoms with Crippen LogP contribution >= 0.6 is 0 Å². The first-order chi connectivity index (χ1) is 17.6. The molecule has 11 heteroatoms. The van der Waals surface area contributed by atoms with Crippen LogP contribution in [-0.2, 0) is 24.0 Å². The van der Waals surface area contributed by atoms with Gasteiger partial charge < -0.3 is 26.2 Å². The van der Waals surface area contributed by atoms with E-state index in [1.165, 1.54) is 0 Å². The number of rotatable bonds is 13. The molecule has 2 aliphatic rings. The van der Waals surface area contributed by atoms with E-state index in [2.05, 4.69) is 17.1 Å². The number of amides is 3. The predicted molar refractivity (Wildman–Crippen MR) is 136 cm³/mol. The summed E-state index contributed by atoms with van der Waals surface area (Å²) in [4.78, 5) is 67.0. The van der Waals surface area contributed by atoms with Gasteiger partial charge in [-0.25, -0.2) is 4.79 Å². The number of nitrogens with two attached hydrogens (primary N) is 1. The van der Waals surface area contributed by atoms with Crippen LogP contribution in [0.25, 0.3) is 0 Å². The fourth-order valence-electron chi connectivity index (χ4n) is 5.83. The molecule has 2 rings (SSSR count). The van der Waals surface area contributed by atoms with Crippen LogP contribution in [0.2, 0.25) is 0 Å². The van der Waals surface area contributed by atoms with Crippen LogP contribution in [-0.4, -0.2) is 87.9 Å². The Kier molecular flexibility index (Phi) is 12.5. The summed E-state index contributed by atoms with van der Waals surface area (Å²) >= 11 is 0. The molecule has 1 aliphatic heterocycles. The van der Waals surface area contributed by atoms with Crippen molar-refractivity contribution >= 4 is 29.7 Å². The highest BCUT2D eigenvalue weighted by atomic mass is 16.4. The maximum atomic E-state index is 14.0. The minimum atomic E-state index is -1.59. The highest BCUT2D eigenvalue weighted by Gasteiger charge is 2.44. The second-order valence-corrected chi connectivity index (χ2v) is 10.3. The third kappa shape index (κ3) is 8.77. The Balaban J connectivity index is 2.43. The Morgan fingerprint density at radius 3 is 2.08 bits per heavy atom. The molecule has 0 aromatic carbocycles. The Morgan fingerprint density at radius 2 is 1.59 bits per heavy atom. The van der Waals surface area contributed by atoms with Gasteiger partial charge >= 0.3 is 11.9 Å². The number of hydrogen-bond acceptors (Lipinski definition) is 7. The fraction of sp³-hybridized carbons (Fsp3) is 0.808. The Hall–Kier alpha value is -2.53. The lowest BCUT2D eigenvalue weighted by molar-refractivity contribution is -0.164. The molecule has 210 valence electrons. The topological polar surface area (TPSA) is 170 Å². The Bertz CT molecular complexity index is 807. The van der Waals surface area contributed by atoms with Gasteiger partial charge in [0.2, 0.25) is 11.8 Å². The molecule has 1 aliphatic carbocycles. The molecule has 5 N–H and O–H groups in total. The number of nitrogens with zero attached hydrogens (tertiary/aromatic N) is 2. The lowest BCUT2D eigenvalue weighted by Gasteiger charge is -2.39. The first kappa shape index (κ1) is 30.7. The molecular weight excluding hydrogens is 480 g/mol. The molecule has 0 spiro atoms. The van der Waals surface area contributed by atoms with Crippen molar-refractivity contribution in [2.24, 2.45) is 23.5 Å². The summed E-state index contributed by atoms with van der Waals surface area (Å²) in [5.74, 6) is -5.57. The van der Waals surface area contributed by atoms with Crippen LogP contribution in [0.4, 0.5) is 0 Å². The first-order valence-corrected chi connectivity index (χ1v) is 13.7. The number of likely N-dealkylation sites (tertiary alicyclic amines) is 1. The number of imide groups is 1. The lowest BCUT2D eigenvalue weighted by Crippen LogP contribution is -2.59.